The minimum Gasteiger partial charge on any atom is -0.481 e. The number of non-ortho nitro benzene ring substituents is 1. The van der Waals surface area contributed by atoms with Gasteiger partial charge < -0.3 is 10.0 Å². The molecule has 1 heterocycles. The molecule has 7 nitrogen and oxygen atoms in total. The SMILES string of the molecule is O=C(O)[C@@H]1CC[C@H](C(=O)N2CCc3ccc([N+](=O)[O-])cc32)C1. The van der Waals surface area contributed by atoms with Gasteiger partial charge in [0, 0.05) is 24.6 Å². The number of aliphatic carboxylic acids is 1. The van der Waals surface area contributed by atoms with E-state index in [2.05, 4.69) is 0 Å². The molecule has 0 aromatic heterocycles. The molecule has 1 N–H and O–H groups in total. The van der Waals surface area contributed by atoms with Crippen molar-refractivity contribution in [1.82, 2.24) is 0 Å². The van der Waals surface area contributed by atoms with E-state index >= 15 is 0 Å². The van der Waals surface area contributed by atoms with Crippen molar-refractivity contribution in [2.45, 2.75) is 25.7 Å². The van der Waals surface area contributed by atoms with Crippen molar-refractivity contribution in [3.63, 3.8) is 0 Å². The zero-order chi connectivity index (χ0) is 15.9. The molecular formula is C15H16N2O5. The summed E-state index contributed by atoms with van der Waals surface area (Å²) < 4.78 is 0. The molecule has 0 radical (unpaired) electrons. The maximum Gasteiger partial charge on any atom is 0.306 e. The molecule has 0 bridgehead atoms. The molecule has 1 fully saturated rings. The normalized spacial score (nSPS) is 23.4. The third kappa shape index (κ3) is 2.43. The number of carboxylic acid groups (broad SMARTS) is 1. The molecule has 1 aliphatic carbocycles. The van der Waals surface area contributed by atoms with Crippen molar-refractivity contribution >= 4 is 23.3 Å². The number of carbonyl (C=O) groups is 2. The van der Waals surface area contributed by atoms with Crippen molar-refractivity contribution in [2.24, 2.45) is 11.8 Å². The molecule has 1 saturated carbocycles. The first-order chi connectivity index (χ1) is 10.5. The van der Waals surface area contributed by atoms with Crippen LogP contribution in [0.25, 0.3) is 0 Å². The molecular weight excluding hydrogens is 288 g/mol. The van der Waals surface area contributed by atoms with E-state index in [1.54, 1.807) is 11.0 Å². The molecule has 7 heteroatoms. The van der Waals surface area contributed by atoms with E-state index in [0.717, 1.165) is 5.56 Å². The Morgan fingerprint density at radius 3 is 2.64 bits per heavy atom. The minimum atomic E-state index is -0.854. The van der Waals surface area contributed by atoms with Gasteiger partial charge in [-0.2, -0.15) is 0 Å². The fourth-order valence-corrected chi connectivity index (χ4v) is 3.36. The second kappa shape index (κ2) is 5.40. The van der Waals surface area contributed by atoms with Gasteiger partial charge >= 0.3 is 5.97 Å². The van der Waals surface area contributed by atoms with Gasteiger partial charge in [0.1, 0.15) is 0 Å². The first-order valence-electron chi connectivity index (χ1n) is 7.29. The average molecular weight is 304 g/mol. The number of carboxylic acids is 1. The summed E-state index contributed by atoms with van der Waals surface area (Å²) in [5, 5.41) is 19.9. The Labute approximate surface area is 126 Å². The first kappa shape index (κ1) is 14.5. The summed E-state index contributed by atoms with van der Waals surface area (Å²) >= 11 is 0. The maximum absolute atomic E-state index is 12.6. The standard InChI is InChI=1S/C15H16N2O5/c18-14(10-1-2-11(7-10)15(19)20)16-6-5-9-3-4-12(17(21)22)8-13(9)16/h3-4,8,10-11H,1-2,5-7H2,(H,19,20)/t10-,11+/m0/s1. The van der Waals surface area contributed by atoms with Crippen molar-refractivity contribution in [3.8, 4) is 0 Å². The molecule has 2 aliphatic rings. The molecule has 2 atom stereocenters. The molecule has 116 valence electrons. The van der Waals surface area contributed by atoms with Crippen LogP contribution in [0.15, 0.2) is 18.2 Å². The topological polar surface area (TPSA) is 101 Å². The molecule has 1 aromatic rings. The average Bonchev–Trinajstić information content (AvgIpc) is 3.13. The van der Waals surface area contributed by atoms with Gasteiger partial charge in [-0.05, 0) is 31.2 Å². The largest absolute Gasteiger partial charge is 0.481 e. The smallest absolute Gasteiger partial charge is 0.306 e. The number of nitro groups is 1. The van der Waals surface area contributed by atoms with E-state index in [0.29, 0.717) is 37.9 Å². The number of nitro benzene ring substituents is 1. The van der Waals surface area contributed by atoms with Gasteiger partial charge in [0.05, 0.1) is 16.5 Å². The van der Waals surface area contributed by atoms with Crippen molar-refractivity contribution in [3.05, 3.63) is 33.9 Å². The summed E-state index contributed by atoms with van der Waals surface area (Å²) in [6.45, 7) is 0.504. The number of hydrogen-bond acceptors (Lipinski definition) is 4. The van der Waals surface area contributed by atoms with Gasteiger partial charge in [-0.1, -0.05) is 6.07 Å². The molecule has 1 aliphatic heterocycles. The maximum atomic E-state index is 12.6. The number of hydrogen-bond donors (Lipinski definition) is 1. The van der Waals surface area contributed by atoms with Crippen molar-refractivity contribution in [2.75, 3.05) is 11.4 Å². The third-order valence-corrected chi connectivity index (χ3v) is 4.57. The lowest BCUT2D eigenvalue weighted by molar-refractivity contribution is -0.384. The first-order valence-corrected chi connectivity index (χ1v) is 7.29. The second-order valence-electron chi connectivity index (χ2n) is 5.86. The molecule has 3 rings (SSSR count). The quantitative estimate of drug-likeness (QED) is 0.679. The third-order valence-electron chi connectivity index (χ3n) is 4.57. The van der Waals surface area contributed by atoms with Crippen LogP contribution in [0, 0.1) is 22.0 Å². The molecule has 0 saturated heterocycles. The zero-order valence-corrected chi connectivity index (χ0v) is 11.9. The summed E-state index contributed by atoms with van der Waals surface area (Å²) in [4.78, 5) is 35.6. The molecule has 22 heavy (non-hydrogen) atoms. The Hall–Kier alpha value is -2.44. The minimum absolute atomic E-state index is 0.0340. The Morgan fingerprint density at radius 1 is 1.27 bits per heavy atom. The van der Waals surface area contributed by atoms with E-state index in [1.807, 2.05) is 0 Å². The van der Waals surface area contributed by atoms with Crippen LogP contribution < -0.4 is 4.90 Å². The van der Waals surface area contributed by atoms with Crippen LogP contribution in [0.4, 0.5) is 11.4 Å². The highest BCUT2D eigenvalue weighted by molar-refractivity contribution is 5.97. The highest BCUT2D eigenvalue weighted by atomic mass is 16.6. The second-order valence-corrected chi connectivity index (χ2v) is 5.86. The number of anilines is 1. The Bertz CT molecular complexity index is 657. The van der Waals surface area contributed by atoms with E-state index in [4.69, 9.17) is 5.11 Å². The van der Waals surface area contributed by atoms with E-state index in [1.165, 1.54) is 12.1 Å². The lowest BCUT2D eigenvalue weighted by Gasteiger charge is -2.21. The Kier molecular flexibility index (Phi) is 3.56. The van der Waals surface area contributed by atoms with Crippen LogP contribution in [0.2, 0.25) is 0 Å². The number of carbonyl (C=O) groups excluding carboxylic acids is 1. The summed E-state index contributed by atoms with van der Waals surface area (Å²) in [6, 6.07) is 4.57. The zero-order valence-electron chi connectivity index (χ0n) is 11.9. The monoisotopic (exact) mass is 304 g/mol. The van der Waals surface area contributed by atoms with E-state index in [-0.39, 0.29) is 17.5 Å². The summed E-state index contributed by atoms with van der Waals surface area (Å²) in [5.74, 6) is -1.72. The molecule has 0 spiro atoms. The van der Waals surface area contributed by atoms with Crippen molar-refractivity contribution in [1.29, 1.82) is 0 Å². The summed E-state index contributed by atoms with van der Waals surface area (Å²) in [5.41, 5.74) is 1.48. The van der Waals surface area contributed by atoms with Crippen LogP contribution in [-0.2, 0) is 16.0 Å². The van der Waals surface area contributed by atoms with Crippen LogP contribution in [0.5, 0.6) is 0 Å². The Balaban J connectivity index is 1.81. The van der Waals surface area contributed by atoms with Gasteiger partial charge in [0.15, 0.2) is 0 Å². The van der Waals surface area contributed by atoms with E-state index < -0.39 is 16.8 Å². The number of fused-ring (bicyclic) bond motifs is 1. The van der Waals surface area contributed by atoms with Crippen LogP contribution >= 0.6 is 0 Å². The number of rotatable bonds is 3. The predicted octanol–water partition coefficient (Wildman–Crippen LogP) is 1.98. The molecule has 1 amide bonds. The fourth-order valence-electron chi connectivity index (χ4n) is 3.36. The van der Waals surface area contributed by atoms with Crippen LogP contribution in [0.3, 0.4) is 0 Å². The molecule has 0 unspecified atom stereocenters. The van der Waals surface area contributed by atoms with Gasteiger partial charge in [0.2, 0.25) is 5.91 Å². The highest BCUT2D eigenvalue weighted by Crippen LogP contribution is 2.37. The summed E-state index contributed by atoms with van der Waals surface area (Å²) in [6.07, 6.45) is 2.11. The van der Waals surface area contributed by atoms with Crippen LogP contribution in [0.1, 0.15) is 24.8 Å². The number of amides is 1. The number of nitrogens with zero attached hydrogens (tertiary/aromatic N) is 2. The molecule has 1 aromatic carbocycles. The van der Waals surface area contributed by atoms with Gasteiger partial charge in [-0.3, -0.25) is 19.7 Å². The highest BCUT2D eigenvalue weighted by Gasteiger charge is 2.38. The number of benzene rings is 1. The fraction of sp³-hybridized carbons (Fsp3) is 0.467. The summed E-state index contributed by atoms with van der Waals surface area (Å²) in [7, 11) is 0. The van der Waals surface area contributed by atoms with Gasteiger partial charge in [-0.15, -0.1) is 0 Å². The lowest BCUT2D eigenvalue weighted by Crippen LogP contribution is -2.34. The lowest BCUT2D eigenvalue weighted by atomic mass is 10.0. The van der Waals surface area contributed by atoms with Gasteiger partial charge in [0.25, 0.3) is 5.69 Å². The van der Waals surface area contributed by atoms with Crippen LogP contribution in [-0.4, -0.2) is 28.5 Å². The Morgan fingerprint density at radius 2 is 2.00 bits per heavy atom. The van der Waals surface area contributed by atoms with Gasteiger partial charge in [-0.25, -0.2) is 0 Å². The predicted molar refractivity (Wildman–Crippen MR) is 77.6 cm³/mol. The van der Waals surface area contributed by atoms with E-state index in [9.17, 15) is 19.7 Å². The van der Waals surface area contributed by atoms with Crippen molar-refractivity contribution < 1.29 is 19.6 Å².